The van der Waals surface area contributed by atoms with Gasteiger partial charge < -0.3 is 10.1 Å². The number of fused-ring (bicyclic) bond motifs is 1. The lowest BCUT2D eigenvalue weighted by Crippen LogP contribution is -2.10. The fraction of sp³-hybridized carbons (Fsp3) is 0.400. The van der Waals surface area contributed by atoms with Gasteiger partial charge in [0.25, 0.3) is 0 Å². The molecule has 2 rings (SSSR count). The first-order valence-electron chi connectivity index (χ1n) is 4.91. The highest BCUT2D eigenvalue weighted by atomic mass is 32.1. The van der Waals surface area contributed by atoms with Gasteiger partial charge in [0.05, 0.1) is 16.8 Å². The van der Waals surface area contributed by atoms with Gasteiger partial charge in [-0.25, -0.2) is 9.97 Å². The molecule has 2 aromatic heterocycles. The Morgan fingerprint density at radius 2 is 2.40 bits per heavy atom. The average Bonchev–Trinajstić information content (AvgIpc) is 2.73. The van der Waals surface area contributed by atoms with Crippen molar-refractivity contribution >= 4 is 27.4 Å². The zero-order valence-corrected chi connectivity index (χ0v) is 9.38. The van der Waals surface area contributed by atoms with E-state index in [-0.39, 0.29) is 0 Å². The molecule has 0 radical (unpaired) electrons. The molecule has 0 aliphatic heterocycles. The number of ether oxygens (including phenoxy) is 1. The Morgan fingerprint density at radius 1 is 1.47 bits per heavy atom. The van der Waals surface area contributed by atoms with E-state index < -0.39 is 0 Å². The fourth-order valence-electron chi connectivity index (χ4n) is 1.30. The monoisotopic (exact) mass is 223 g/mol. The molecule has 2 aromatic rings. The second-order valence-electron chi connectivity index (χ2n) is 2.98. The number of aromatic nitrogens is 2. The molecular weight excluding hydrogens is 210 g/mol. The molecule has 0 bridgehead atoms. The zero-order valence-electron chi connectivity index (χ0n) is 8.56. The number of nitrogens with zero attached hydrogens (tertiary/aromatic N) is 2. The molecule has 2 heterocycles. The molecule has 0 aliphatic carbocycles. The summed E-state index contributed by atoms with van der Waals surface area (Å²) in [5.74, 6) is 0.898. The van der Waals surface area contributed by atoms with Gasteiger partial charge in [-0.2, -0.15) is 0 Å². The summed E-state index contributed by atoms with van der Waals surface area (Å²) in [6.07, 6.45) is 1.58. The second kappa shape index (κ2) is 5.04. The van der Waals surface area contributed by atoms with Crippen molar-refractivity contribution in [2.24, 2.45) is 0 Å². The quantitative estimate of drug-likeness (QED) is 0.789. The highest BCUT2D eigenvalue weighted by Crippen LogP contribution is 2.24. The van der Waals surface area contributed by atoms with Crippen molar-refractivity contribution in [2.45, 2.75) is 6.92 Å². The summed E-state index contributed by atoms with van der Waals surface area (Å²) in [6, 6.07) is 2.00. The maximum atomic E-state index is 5.25. The summed E-state index contributed by atoms with van der Waals surface area (Å²) < 4.78 is 6.35. The third kappa shape index (κ3) is 2.43. The lowest BCUT2D eigenvalue weighted by Gasteiger charge is -2.05. The van der Waals surface area contributed by atoms with Gasteiger partial charge in [-0.15, -0.1) is 11.3 Å². The first kappa shape index (κ1) is 10.3. The van der Waals surface area contributed by atoms with Gasteiger partial charge in [-0.1, -0.05) is 0 Å². The summed E-state index contributed by atoms with van der Waals surface area (Å²) in [5, 5.41) is 5.26. The van der Waals surface area contributed by atoms with E-state index in [2.05, 4.69) is 15.3 Å². The van der Waals surface area contributed by atoms with Crippen molar-refractivity contribution < 1.29 is 4.74 Å². The van der Waals surface area contributed by atoms with Gasteiger partial charge in [0, 0.05) is 13.2 Å². The summed E-state index contributed by atoms with van der Waals surface area (Å²) in [7, 11) is 0. The van der Waals surface area contributed by atoms with E-state index in [1.165, 1.54) is 0 Å². The van der Waals surface area contributed by atoms with Crippen molar-refractivity contribution in [3.63, 3.8) is 0 Å². The van der Waals surface area contributed by atoms with Gasteiger partial charge in [0.15, 0.2) is 0 Å². The van der Waals surface area contributed by atoms with Gasteiger partial charge in [0.2, 0.25) is 0 Å². The van der Waals surface area contributed by atoms with E-state index in [0.717, 1.165) is 29.2 Å². The minimum Gasteiger partial charge on any atom is -0.380 e. The maximum absolute atomic E-state index is 5.25. The standard InChI is InChI=1S/C10H13N3OS/c1-2-14-5-4-11-10-9-8(3-6-15-9)12-7-13-10/h3,6-7H,2,4-5H2,1H3,(H,11,12,13). The van der Waals surface area contributed by atoms with Crippen LogP contribution in [0.25, 0.3) is 10.2 Å². The van der Waals surface area contributed by atoms with E-state index in [4.69, 9.17) is 4.74 Å². The summed E-state index contributed by atoms with van der Waals surface area (Å²) in [6.45, 7) is 4.22. The van der Waals surface area contributed by atoms with E-state index in [9.17, 15) is 0 Å². The third-order valence-electron chi connectivity index (χ3n) is 1.99. The van der Waals surface area contributed by atoms with Crippen LogP contribution in [0.4, 0.5) is 5.82 Å². The minimum absolute atomic E-state index is 0.702. The predicted molar refractivity (Wildman–Crippen MR) is 62.4 cm³/mol. The van der Waals surface area contributed by atoms with Crippen LogP contribution in [-0.4, -0.2) is 29.7 Å². The Hall–Kier alpha value is -1.20. The number of nitrogens with one attached hydrogen (secondary N) is 1. The van der Waals surface area contributed by atoms with Crippen molar-refractivity contribution in [1.82, 2.24) is 9.97 Å². The number of anilines is 1. The molecule has 0 unspecified atom stereocenters. The highest BCUT2D eigenvalue weighted by molar-refractivity contribution is 7.17. The second-order valence-corrected chi connectivity index (χ2v) is 3.90. The molecule has 0 aliphatic rings. The fourth-order valence-corrected chi connectivity index (χ4v) is 2.11. The first-order valence-corrected chi connectivity index (χ1v) is 5.79. The van der Waals surface area contributed by atoms with Crippen LogP contribution >= 0.6 is 11.3 Å². The minimum atomic E-state index is 0.702. The van der Waals surface area contributed by atoms with Crippen LogP contribution in [0.5, 0.6) is 0 Å². The molecule has 15 heavy (non-hydrogen) atoms. The van der Waals surface area contributed by atoms with Crippen molar-refractivity contribution in [3.05, 3.63) is 17.8 Å². The number of rotatable bonds is 5. The van der Waals surface area contributed by atoms with Gasteiger partial charge in [-0.05, 0) is 18.4 Å². The van der Waals surface area contributed by atoms with Crippen LogP contribution in [0.3, 0.4) is 0 Å². The smallest absolute Gasteiger partial charge is 0.147 e. The Labute approximate surface area is 92.3 Å². The van der Waals surface area contributed by atoms with Crippen molar-refractivity contribution in [1.29, 1.82) is 0 Å². The molecule has 4 nitrogen and oxygen atoms in total. The van der Waals surface area contributed by atoms with E-state index in [1.54, 1.807) is 17.7 Å². The average molecular weight is 223 g/mol. The molecule has 0 atom stereocenters. The van der Waals surface area contributed by atoms with Crippen LogP contribution < -0.4 is 5.32 Å². The molecule has 0 fully saturated rings. The molecule has 0 saturated heterocycles. The number of hydrogen-bond acceptors (Lipinski definition) is 5. The normalized spacial score (nSPS) is 10.7. The SMILES string of the molecule is CCOCCNc1ncnc2ccsc12. The highest BCUT2D eigenvalue weighted by Gasteiger charge is 2.03. The Bertz CT molecular complexity index is 429. The molecule has 0 spiro atoms. The summed E-state index contributed by atoms with van der Waals surface area (Å²) >= 11 is 1.65. The maximum Gasteiger partial charge on any atom is 0.147 e. The summed E-state index contributed by atoms with van der Waals surface area (Å²) in [5.41, 5.74) is 0.994. The molecule has 0 amide bonds. The molecule has 0 aromatic carbocycles. The van der Waals surface area contributed by atoms with Crippen LogP contribution in [0, 0.1) is 0 Å². The Balaban J connectivity index is 2.04. The van der Waals surface area contributed by atoms with Crippen LogP contribution in [0.1, 0.15) is 6.92 Å². The van der Waals surface area contributed by atoms with E-state index in [1.807, 2.05) is 18.4 Å². The van der Waals surface area contributed by atoms with Gasteiger partial charge >= 0.3 is 0 Å². The lowest BCUT2D eigenvalue weighted by molar-refractivity contribution is 0.158. The summed E-state index contributed by atoms with van der Waals surface area (Å²) in [4.78, 5) is 8.38. The van der Waals surface area contributed by atoms with Crippen LogP contribution in [-0.2, 0) is 4.74 Å². The Kier molecular flexibility index (Phi) is 3.47. The lowest BCUT2D eigenvalue weighted by atomic mass is 10.4. The van der Waals surface area contributed by atoms with Crippen molar-refractivity contribution in [3.8, 4) is 0 Å². The largest absolute Gasteiger partial charge is 0.380 e. The van der Waals surface area contributed by atoms with Crippen LogP contribution in [0.15, 0.2) is 17.8 Å². The first-order chi connectivity index (χ1) is 7.42. The molecule has 5 heteroatoms. The van der Waals surface area contributed by atoms with Gasteiger partial charge in [0.1, 0.15) is 12.1 Å². The number of hydrogen-bond donors (Lipinski definition) is 1. The van der Waals surface area contributed by atoms with E-state index in [0.29, 0.717) is 6.61 Å². The Morgan fingerprint density at radius 3 is 3.27 bits per heavy atom. The third-order valence-corrected chi connectivity index (χ3v) is 2.90. The zero-order chi connectivity index (χ0) is 10.5. The molecule has 1 N–H and O–H groups in total. The van der Waals surface area contributed by atoms with Gasteiger partial charge in [-0.3, -0.25) is 0 Å². The van der Waals surface area contributed by atoms with Crippen LogP contribution in [0.2, 0.25) is 0 Å². The molecular formula is C10H13N3OS. The molecule has 80 valence electrons. The number of thiophene rings is 1. The molecule has 0 saturated carbocycles. The van der Waals surface area contributed by atoms with E-state index >= 15 is 0 Å². The predicted octanol–water partition coefficient (Wildman–Crippen LogP) is 2.14. The topological polar surface area (TPSA) is 47.0 Å². The van der Waals surface area contributed by atoms with Crippen molar-refractivity contribution in [2.75, 3.05) is 25.1 Å².